The second-order valence-corrected chi connectivity index (χ2v) is 12.1. The Labute approximate surface area is 300 Å². The van der Waals surface area contributed by atoms with Gasteiger partial charge in [0.15, 0.2) is 0 Å². The second kappa shape index (κ2) is 21.7. The van der Waals surface area contributed by atoms with Crippen LogP contribution in [0.3, 0.4) is 0 Å². The van der Waals surface area contributed by atoms with Crippen molar-refractivity contribution in [2.24, 2.45) is 11.1 Å². The normalized spacial score (nSPS) is 15.1. The van der Waals surface area contributed by atoms with Crippen LogP contribution in [0.2, 0.25) is 0 Å². The van der Waals surface area contributed by atoms with Gasteiger partial charge in [0.1, 0.15) is 30.6 Å². The summed E-state index contributed by atoms with van der Waals surface area (Å²) in [7, 11) is 1.00. The van der Waals surface area contributed by atoms with Crippen LogP contribution in [0.15, 0.2) is 48.5 Å². The molecule has 1 saturated carbocycles. The molecule has 2 aliphatic rings. The first-order valence-corrected chi connectivity index (χ1v) is 16.9. The van der Waals surface area contributed by atoms with Crippen molar-refractivity contribution in [2.75, 3.05) is 56.7 Å². The predicted octanol–water partition coefficient (Wildman–Crippen LogP) is 5.30. The molecule has 2 heterocycles. The van der Waals surface area contributed by atoms with Crippen LogP contribution in [-0.2, 0) is 14.3 Å². The Morgan fingerprint density at radius 2 is 1.69 bits per heavy atom. The van der Waals surface area contributed by atoms with Gasteiger partial charge in [-0.3, -0.25) is 0 Å². The molecular weight excluding hydrogens is 688 g/mol. The van der Waals surface area contributed by atoms with E-state index < -0.39 is 18.0 Å². The lowest BCUT2D eigenvalue weighted by atomic mass is 9.82. The van der Waals surface area contributed by atoms with Gasteiger partial charge in [-0.2, -0.15) is 18.4 Å². The van der Waals surface area contributed by atoms with E-state index in [0.29, 0.717) is 12.1 Å². The first-order valence-electron chi connectivity index (χ1n) is 16.9. The van der Waals surface area contributed by atoms with Crippen LogP contribution in [0.5, 0.6) is 0 Å². The SMILES string of the molecule is CCO.CO.N#Cc1ccc(-c2cc(NCC3(CCN)CCCC3)nn2-c2ccc(N3CCC(OCC=O)CC3)cc2)cc1F.O=C(O)C(F)(F)F. The summed E-state index contributed by atoms with van der Waals surface area (Å²) in [6.07, 6.45) is 3.35. The standard InChI is InChI=1S/C31H37FN6O2.C2HF3O2.C2H6O.CH4O/c32-28-19-23(3-4-24(28)21-34)29-20-30(35-22-31(13-14-33)11-1-2-12-31)36-38(29)26-7-5-25(6-8-26)37-15-9-27(10-16-37)40-18-17-39;3-2(4,5)1(6)7;1-2-3;1-2/h3-8,17,19-20,27H,1-2,9-16,18,22,33H2,(H,35,36);(H,6,7);3H,2H2,1H3;2H,1H3. The number of aliphatic carboxylic acids is 1. The number of anilines is 2. The molecule has 0 radical (unpaired) electrons. The molecule has 2 fully saturated rings. The molecule has 0 bridgehead atoms. The third-order valence-electron chi connectivity index (χ3n) is 8.62. The topological polar surface area (TPSA) is 187 Å². The Kier molecular flexibility index (Phi) is 18.2. The summed E-state index contributed by atoms with van der Waals surface area (Å²) in [6, 6.07) is 16.7. The summed E-state index contributed by atoms with van der Waals surface area (Å²) >= 11 is 0. The number of carboxylic acid groups (broad SMARTS) is 1. The largest absolute Gasteiger partial charge is 0.490 e. The Balaban J connectivity index is 0.000000682. The number of rotatable bonds is 11. The van der Waals surface area contributed by atoms with Gasteiger partial charge < -0.3 is 40.8 Å². The van der Waals surface area contributed by atoms with Crippen LogP contribution < -0.4 is 16.0 Å². The van der Waals surface area contributed by atoms with Crippen LogP contribution in [0.4, 0.5) is 29.1 Å². The number of hydrogen-bond acceptors (Lipinski definition) is 10. The van der Waals surface area contributed by atoms with E-state index >= 15 is 0 Å². The fourth-order valence-corrected chi connectivity index (χ4v) is 6.12. The number of aromatic nitrogens is 2. The molecule has 6 N–H and O–H groups in total. The number of aliphatic hydroxyl groups is 2. The van der Waals surface area contributed by atoms with Gasteiger partial charge in [-0.15, -0.1) is 5.10 Å². The molecule has 1 aliphatic heterocycles. The fraction of sp³-hybridized carbons (Fsp3) is 0.500. The van der Waals surface area contributed by atoms with Gasteiger partial charge in [-0.05, 0) is 87.4 Å². The molecule has 0 atom stereocenters. The van der Waals surface area contributed by atoms with E-state index in [0.717, 1.165) is 88.0 Å². The van der Waals surface area contributed by atoms with E-state index in [1.165, 1.54) is 25.0 Å². The summed E-state index contributed by atoms with van der Waals surface area (Å²) < 4.78 is 53.8. The average Bonchev–Trinajstić information content (AvgIpc) is 3.79. The van der Waals surface area contributed by atoms with Crippen LogP contribution in [0.25, 0.3) is 16.9 Å². The van der Waals surface area contributed by atoms with E-state index in [1.807, 2.05) is 29.0 Å². The molecule has 286 valence electrons. The molecule has 1 aromatic heterocycles. The zero-order chi connectivity index (χ0) is 38.7. The number of nitrogens with one attached hydrogen (secondary N) is 1. The zero-order valence-electron chi connectivity index (χ0n) is 29.4. The van der Waals surface area contributed by atoms with Gasteiger partial charge >= 0.3 is 12.1 Å². The molecule has 0 unspecified atom stereocenters. The number of benzene rings is 2. The first-order chi connectivity index (χ1) is 24.9. The Morgan fingerprint density at radius 3 is 2.19 bits per heavy atom. The summed E-state index contributed by atoms with van der Waals surface area (Å²) in [5.74, 6) is -2.58. The summed E-state index contributed by atoms with van der Waals surface area (Å²) in [5.41, 5.74) is 9.51. The number of aliphatic hydroxyl groups excluding tert-OH is 2. The summed E-state index contributed by atoms with van der Waals surface area (Å²) in [6.45, 7) is 5.27. The molecule has 2 aromatic carbocycles. The number of hydrogen-bond donors (Lipinski definition) is 5. The number of carboxylic acids is 1. The maximum Gasteiger partial charge on any atom is 0.490 e. The van der Waals surface area contributed by atoms with Crippen molar-refractivity contribution >= 4 is 23.8 Å². The lowest BCUT2D eigenvalue weighted by molar-refractivity contribution is -0.192. The average molecular weight is 737 g/mol. The predicted molar refractivity (Wildman–Crippen MR) is 189 cm³/mol. The first kappa shape index (κ1) is 43.6. The molecule has 5 rings (SSSR count). The molecule has 1 saturated heterocycles. The second-order valence-electron chi connectivity index (χ2n) is 12.1. The zero-order valence-corrected chi connectivity index (χ0v) is 29.4. The summed E-state index contributed by atoms with van der Waals surface area (Å²) in [5, 5.41) is 39.3. The fourth-order valence-electron chi connectivity index (χ4n) is 6.12. The number of piperidine rings is 1. The van der Waals surface area contributed by atoms with Crippen molar-refractivity contribution < 1.29 is 47.2 Å². The van der Waals surface area contributed by atoms with Crippen LogP contribution in [-0.4, -0.2) is 96.1 Å². The van der Waals surface area contributed by atoms with Crippen molar-refractivity contribution in [1.29, 1.82) is 5.26 Å². The molecule has 0 amide bonds. The number of alkyl halides is 3. The molecule has 52 heavy (non-hydrogen) atoms. The smallest absolute Gasteiger partial charge is 0.475 e. The number of carbonyl (C=O) groups excluding carboxylic acids is 1. The molecule has 12 nitrogen and oxygen atoms in total. The minimum absolute atomic E-state index is 0.0165. The number of nitriles is 1. The van der Waals surface area contributed by atoms with Gasteiger partial charge in [0, 0.05) is 50.7 Å². The Bertz CT molecular complexity index is 1560. The lowest BCUT2D eigenvalue weighted by Gasteiger charge is -2.33. The number of aldehydes is 1. The molecular formula is C36H48F4N6O6. The van der Waals surface area contributed by atoms with Crippen LogP contribution in [0, 0.1) is 22.6 Å². The van der Waals surface area contributed by atoms with Crippen molar-refractivity contribution in [3.05, 3.63) is 59.9 Å². The highest BCUT2D eigenvalue weighted by molar-refractivity contribution is 5.73. The van der Waals surface area contributed by atoms with Gasteiger partial charge in [0.2, 0.25) is 0 Å². The number of carbonyl (C=O) groups is 2. The lowest BCUT2D eigenvalue weighted by Crippen LogP contribution is -2.37. The molecule has 0 spiro atoms. The van der Waals surface area contributed by atoms with Gasteiger partial charge in [-0.1, -0.05) is 18.9 Å². The van der Waals surface area contributed by atoms with Gasteiger partial charge in [-0.25, -0.2) is 13.9 Å². The highest BCUT2D eigenvalue weighted by Gasteiger charge is 2.38. The van der Waals surface area contributed by atoms with Gasteiger partial charge in [0.05, 0.1) is 23.0 Å². The van der Waals surface area contributed by atoms with E-state index in [1.54, 1.807) is 13.0 Å². The quantitative estimate of drug-likeness (QED) is 0.127. The van der Waals surface area contributed by atoms with Crippen molar-refractivity contribution in [3.63, 3.8) is 0 Å². The minimum Gasteiger partial charge on any atom is -0.475 e. The monoisotopic (exact) mass is 736 g/mol. The maximum absolute atomic E-state index is 14.6. The minimum atomic E-state index is -5.08. The van der Waals surface area contributed by atoms with E-state index in [9.17, 15) is 27.6 Å². The van der Waals surface area contributed by atoms with E-state index in [4.69, 9.17) is 35.7 Å². The van der Waals surface area contributed by atoms with Gasteiger partial charge in [0.25, 0.3) is 0 Å². The number of halogens is 4. The highest BCUT2D eigenvalue weighted by Crippen LogP contribution is 2.41. The van der Waals surface area contributed by atoms with Crippen LogP contribution >= 0.6 is 0 Å². The highest BCUT2D eigenvalue weighted by atomic mass is 19.4. The van der Waals surface area contributed by atoms with Crippen LogP contribution in [0.1, 0.15) is 57.4 Å². The third kappa shape index (κ3) is 12.9. The van der Waals surface area contributed by atoms with Crippen molar-refractivity contribution in [3.8, 4) is 23.0 Å². The number of nitrogens with two attached hydrogens (primary N) is 1. The molecule has 1 aliphatic carbocycles. The van der Waals surface area contributed by atoms with E-state index in [2.05, 4.69) is 22.3 Å². The van der Waals surface area contributed by atoms with Crippen molar-refractivity contribution in [2.45, 2.75) is 64.1 Å². The Hall–Kier alpha value is -4.56. The van der Waals surface area contributed by atoms with Crippen molar-refractivity contribution in [1.82, 2.24) is 9.78 Å². The molecule has 3 aromatic rings. The number of ether oxygens (including phenoxy) is 1. The maximum atomic E-state index is 14.6. The third-order valence-corrected chi connectivity index (χ3v) is 8.62. The number of nitrogens with zero attached hydrogens (tertiary/aromatic N) is 4. The summed E-state index contributed by atoms with van der Waals surface area (Å²) in [4.78, 5) is 21.8. The van der Waals surface area contributed by atoms with E-state index in [-0.39, 0.29) is 30.3 Å². The molecule has 16 heteroatoms. The Morgan fingerprint density at radius 1 is 1.12 bits per heavy atom.